The Morgan fingerprint density at radius 3 is 2.77 bits per heavy atom. The van der Waals surface area contributed by atoms with Crippen molar-refractivity contribution in [1.82, 2.24) is 4.57 Å². The third-order valence-electron chi connectivity index (χ3n) is 3.88. The van der Waals surface area contributed by atoms with E-state index in [0.29, 0.717) is 0 Å². The molecule has 0 saturated heterocycles. The SMILES string of the molecule is Cc1ccccc1OCCCCn1ccc2cc(F)ccc21. The van der Waals surface area contributed by atoms with Crippen LogP contribution in [0.3, 0.4) is 0 Å². The zero-order chi connectivity index (χ0) is 15.4. The van der Waals surface area contributed by atoms with Crippen LogP contribution < -0.4 is 4.74 Å². The van der Waals surface area contributed by atoms with E-state index in [1.807, 2.05) is 36.5 Å². The van der Waals surface area contributed by atoms with E-state index in [1.165, 1.54) is 11.6 Å². The summed E-state index contributed by atoms with van der Waals surface area (Å²) < 4.78 is 21.1. The largest absolute Gasteiger partial charge is 0.493 e. The van der Waals surface area contributed by atoms with Crippen molar-refractivity contribution in [2.45, 2.75) is 26.3 Å². The summed E-state index contributed by atoms with van der Waals surface area (Å²) in [7, 11) is 0. The molecule has 0 saturated carbocycles. The number of halogens is 1. The molecule has 0 bridgehead atoms. The highest BCUT2D eigenvalue weighted by Gasteiger charge is 2.02. The Labute approximate surface area is 130 Å². The highest BCUT2D eigenvalue weighted by molar-refractivity contribution is 5.80. The molecule has 22 heavy (non-hydrogen) atoms. The Morgan fingerprint density at radius 1 is 1.05 bits per heavy atom. The second kappa shape index (κ2) is 6.65. The van der Waals surface area contributed by atoms with Crippen molar-refractivity contribution in [3.63, 3.8) is 0 Å². The van der Waals surface area contributed by atoms with Crippen LogP contribution in [0.15, 0.2) is 54.7 Å². The minimum absolute atomic E-state index is 0.183. The van der Waals surface area contributed by atoms with Crippen molar-refractivity contribution in [3.8, 4) is 5.75 Å². The Hall–Kier alpha value is -2.29. The summed E-state index contributed by atoms with van der Waals surface area (Å²) in [6.45, 7) is 3.70. The molecule has 114 valence electrons. The first-order chi connectivity index (χ1) is 10.7. The molecule has 0 radical (unpaired) electrons. The van der Waals surface area contributed by atoms with Crippen LogP contribution >= 0.6 is 0 Å². The van der Waals surface area contributed by atoms with Gasteiger partial charge < -0.3 is 9.30 Å². The molecule has 0 atom stereocenters. The molecule has 3 aromatic rings. The second-order valence-corrected chi connectivity index (χ2v) is 5.53. The van der Waals surface area contributed by atoms with Gasteiger partial charge in [-0.3, -0.25) is 0 Å². The van der Waals surface area contributed by atoms with Crippen molar-refractivity contribution < 1.29 is 9.13 Å². The van der Waals surface area contributed by atoms with Gasteiger partial charge in [0.25, 0.3) is 0 Å². The van der Waals surface area contributed by atoms with Crippen LogP contribution in [-0.4, -0.2) is 11.2 Å². The van der Waals surface area contributed by atoms with Crippen molar-refractivity contribution in [2.75, 3.05) is 6.61 Å². The summed E-state index contributed by atoms with van der Waals surface area (Å²) in [5, 5.41) is 0.955. The van der Waals surface area contributed by atoms with E-state index in [4.69, 9.17) is 4.74 Å². The fourth-order valence-corrected chi connectivity index (χ4v) is 2.65. The summed E-state index contributed by atoms with van der Waals surface area (Å²) >= 11 is 0. The molecular weight excluding hydrogens is 277 g/mol. The third kappa shape index (κ3) is 3.30. The third-order valence-corrected chi connectivity index (χ3v) is 3.88. The molecule has 1 aromatic heterocycles. The van der Waals surface area contributed by atoms with Crippen molar-refractivity contribution in [2.24, 2.45) is 0 Å². The maximum Gasteiger partial charge on any atom is 0.123 e. The Bertz CT molecular complexity index is 763. The first kappa shape index (κ1) is 14.6. The summed E-state index contributed by atoms with van der Waals surface area (Å²) in [5.41, 5.74) is 2.25. The van der Waals surface area contributed by atoms with Gasteiger partial charge in [0, 0.05) is 23.6 Å². The summed E-state index contributed by atoms with van der Waals surface area (Å²) in [4.78, 5) is 0. The number of nitrogens with zero attached hydrogens (tertiary/aromatic N) is 1. The molecule has 3 heteroatoms. The van der Waals surface area contributed by atoms with E-state index in [0.717, 1.165) is 42.6 Å². The number of aromatic nitrogens is 1. The molecule has 0 spiro atoms. The fraction of sp³-hybridized carbons (Fsp3) is 0.263. The van der Waals surface area contributed by atoms with E-state index in [2.05, 4.69) is 17.6 Å². The summed E-state index contributed by atoms with van der Waals surface area (Å²) in [6, 6.07) is 15.0. The lowest BCUT2D eigenvalue weighted by atomic mass is 10.2. The van der Waals surface area contributed by atoms with Gasteiger partial charge in [-0.05, 0) is 55.7 Å². The monoisotopic (exact) mass is 297 g/mol. The van der Waals surface area contributed by atoms with Crippen LogP contribution in [-0.2, 0) is 6.54 Å². The van der Waals surface area contributed by atoms with Crippen LogP contribution in [0.4, 0.5) is 4.39 Å². The molecule has 0 fully saturated rings. The standard InChI is InChI=1S/C19H20FNO/c1-15-6-2-3-7-19(15)22-13-5-4-11-21-12-10-16-14-17(20)8-9-18(16)21/h2-3,6-10,12,14H,4-5,11,13H2,1H3. The van der Waals surface area contributed by atoms with Gasteiger partial charge in [0.2, 0.25) is 0 Å². The van der Waals surface area contributed by atoms with E-state index in [9.17, 15) is 4.39 Å². The van der Waals surface area contributed by atoms with Crippen LogP contribution in [0.5, 0.6) is 5.75 Å². The Balaban J connectivity index is 1.49. The maximum atomic E-state index is 13.2. The van der Waals surface area contributed by atoms with Crippen LogP contribution in [0.25, 0.3) is 10.9 Å². The number of para-hydroxylation sites is 1. The van der Waals surface area contributed by atoms with E-state index >= 15 is 0 Å². The number of aryl methyl sites for hydroxylation is 2. The highest BCUT2D eigenvalue weighted by atomic mass is 19.1. The number of hydrogen-bond acceptors (Lipinski definition) is 1. The maximum absolute atomic E-state index is 13.2. The number of fused-ring (bicyclic) bond motifs is 1. The van der Waals surface area contributed by atoms with Gasteiger partial charge in [-0.1, -0.05) is 18.2 Å². The zero-order valence-electron chi connectivity index (χ0n) is 12.8. The van der Waals surface area contributed by atoms with E-state index in [1.54, 1.807) is 6.07 Å². The van der Waals surface area contributed by atoms with Crippen molar-refractivity contribution >= 4 is 10.9 Å². The van der Waals surface area contributed by atoms with Crippen molar-refractivity contribution in [3.05, 3.63) is 66.1 Å². The smallest absolute Gasteiger partial charge is 0.123 e. The normalized spacial score (nSPS) is 11.0. The minimum atomic E-state index is -0.183. The van der Waals surface area contributed by atoms with Gasteiger partial charge in [-0.2, -0.15) is 0 Å². The molecule has 0 aliphatic carbocycles. The molecule has 0 unspecified atom stereocenters. The van der Waals surface area contributed by atoms with E-state index in [-0.39, 0.29) is 5.82 Å². The molecule has 2 nitrogen and oxygen atoms in total. The molecule has 0 amide bonds. The lowest BCUT2D eigenvalue weighted by molar-refractivity contribution is 0.301. The predicted octanol–water partition coefficient (Wildman–Crippen LogP) is 4.95. The Kier molecular flexibility index (Phi) is 4.42. The number of unbranched alkanes of at least 4 members (excludes halogenated alkanes) is 1. The molecule has 0 aliphatic rings. The molecule has 0 aliphatic heterocycles. The number of ether oxygens (including phenoxy) is 1. The van der Waals surface area contributed by atoms with Gasteiger partial charge in [0.15, 0.2) is 0 Å². The first-order valence-corrected chi connectivity index (χ1v) is 7.67. The molecule has 3 rings (SSSR count). The van der Waals surface area contributed by atoms with Crippen LogP contribution in [0.2, 0.25) is 0 Å². The van der Waals surface area contributed by atoms with Crippen LogP contribution in [0, 0.1) is 12.7 Å². The lowest BCUT2D eigenvalue weighted by Gasteiger charge is -2.09. The number of benzene rings is 2. The molecule has 2 aromatic carbocycles. The topological polar surface area (TPSA) is 14.2 Å². The average Bonchev–Trinajstić information content (AvgIpc) is 2.91. The predicted molar refractivity (Wildman–Crippen MR) is 87.8 cm³/mol. The van der Waals surface area contributed by atoms with Crippen LogP contribution in [0.1, 0.15) is 18.4 Å². The van der Waals surface area contributed by atoms with Gasteiger partial charge in [-0.25, -0.2) is 4.39 Å². The summed E-state index contributed by atoms with van der Waals surface area (Å²) in [6.07, 6.45) is 4.05. The number of rotatable bonds is 6. The molecule has 0 N–H and O–H groups in total. The van der Waals surface area contributed by atoms with Gasteiger partial charge in [0.05, 0.1) is 6.61 Å². The quantitative estimate of drug-likeness (QED) is 0.587. The van der Waals surface area contributed by atoms with Gasteiger partial charge in [-0.15, -0.1) is 0 Å². The van der Waals surface area contributed by atoms with E-state index < -0.39 is 0 Å². The molecular formula is C19H20FNO. The Morgan fingerprint density at radius 2 is 1.91 bits per heavy atom. The second-order valence-electron chi connectivity index (χ2n) is 5.53. The number of hydrogen-bond donors (Lipinski definition) is 0. The zero-order valence-corrected chi connectivity index (χ0v) is 12.8. The van der Waals surface area contributed by atoms with Gasteiger partial charge >= 0.3 is 0 Å². The summed E-state index contributed by atoms with van der Waals surface area (Å²) in [5.74, 6) is 0.779. The first-order valence-electron chi connectivity index (χ1n) is 7.67. The fourth-order valence-electron chi connectivity index (χ4n) is 2.65. The van der Waals surface area contributed by atoms with Crippen molar-refractivity contribution in [1.29, 1.82) is 0 Å². The lowest BCUT2D eigenvalue weighted by Crippen LogP contribution is -2.02. The highest BCUT2D eigenvalue weighted by Crippen LogP contribution is 2.18. The average molecular weight is 297 g/mol. The minimum Gasteiger partial charge on any atom is -0.493 e. The van der Waals surface area contributed by atoms with Gasteiger partial charge in [0.1, 0.15) is 11.6 Å². The molecule has 1 heterocycles.